The number of halogens is 2. The van der Waals surface area contributed by atoms with Crippen LogP contribution in [-0.2, 0) is 4.74 Å². The van der Waals surface area contributed by atoms with Crippen LogP contribution in [0.1, 0.15) is 27.2 Å². The zero-order valence-corrected chi connectivity index (χ0v) is 6.66. The molecule has 0 saturated heterocycles. The molecule has 0 aromatic carbocycles. The third-order valence-electron chi connectivity index (χ3n) is 1.45. The molecule has 0 spiro atoms. The van der Waals surface area contributed by atoms with Gasteiger partial charge in [0, 0.05) is 0 Å². The molecule has 0 amide bonds. The Hall–Kier alpha value is -0.180. The lowest BCUT2D eigenvalue weighted by Crippen LogP contribution is -2.25. The van der Waals surface area contributed by atoms with Gasteiger partial charge in [-0.05, 0) is 20.3 Å². The van der Waals surface area contributed by atoms with Crippen LogP contribution in [0.3, 0.4) is 0 Å². The van der Waals surface area contributed by atoms with Crippen molar-refractivity contribution in [2.45, 2.75) is 39.2 Å². The van der Waals surface area contributed by atoms with E-state index in [9.17, 15) is 8.78 Å². The number of alkyl halides is 2. The Kier molecular flexibility index (Phi) is 3.79. The SMILES string of the molecule is CCC(C)(C)OCC(F)F. The molecule has 1 nitrogen and oxygen atoms in total. The Morgan fingerprint density at radius 1 is 1.40 bits per heavy atom. The van der Waals surface area contributed by atoms with Gasteiger partial charge in [-0.2, -0.15) is 0 Å². The van der Waals surface area contributed by atoms with Crippen molar-refractivity contribution in [2.75, 3.05) is 6.61 Å². The molecule has 0 bridgehead atoms. The average molecular weight is 152 g/mol. The lowest BCUT2D eigenvalue weighted by atomic mass is 10.1. The largest absolute Gasteiger partial charge is 0.370 e. The normalized spacial score (nSPS) is 12.6. The third kappa shape index (κ3) is 4.68. The van der Waals surface area contributed by atoms with Gasteiger partial charge >= 0.3 is 0 Å². The second-order valence-electron chi connectivity index (χ2n) is 2.82. The van der Waals surface area contributed by atoms with Crippen molar-refractivity contribution >= 4 is 0 Å². The van der Waals surface area contributed by atoms with Crippen LogP contribution in [0.15, 0.2) is 0 Å². The molecule has 0 aliphatic rings. The summed E-state index contributed by atoms with van der Waals surface area (Å²) in [6, 6.07) is 0. The van der Waals surface area contributed by atoms with Crippen LogP contribution in [0.25, 0.3) is 0 Å². The monoisotopic (exact) mass is 152 g/mol. The van der Waals surface area contributed by atoms with Crippen LogP contribution in [-0.4, -0.2) is 18.6 Å². The first-order chi connectivity index (χ1) is 4.48. The molecule has 0 unspecified atom stereocenters. The molecule has 0 heterocycles. The molecule has 0 aromatic heterocycles. The van der Waals surface area contributed by atoms with E-state index in [-0.39, 0.29) is 0 Å². The lowest BCUT2D eigenvalue weighted by molar-refractivity contribution is -0.0713. The first-order valence-corrected chi connectivity index (χ1v) is 3.40. The van der Waals surface area contributed by atoms with Crippen molar-refractivity contribution in [2.24, 2.45) is 0 Å². The van der Waals surface area contributed by atoms with E-state index >= 15 is 0 Å². The zero-order valence-electron chi connectivity index (χ0n) is 6.66. The van der Waals surface area contributed by atoms with Crippen LogP contribution in [0, 0.1) is 0 Å². The molecule has 0 aliphatic heterocycles. The van der Waals surface area contributed by atoms with Gasteiger partial charge in [0.25, 0.3) is 6.43 Å². The molecule has 3 heteroatoms. The minimum absolute atomic E-state index is 0.406. The minimum Gasteiger partial charge on any atom is -0.370 e. The van der Waals surface area contributed by atoms with E-state index < -0.39 is 18.6 Å². The van der Waals surface area contributed by atoms with Crippen molar-refractivity contribution in [1.82, 2.24) is 0 Å². The van der Waals surface area contributed by atoms with Crippen molar-refractivity contribution in [3.63, 3.8) is 0 Å². The van der Waals surface area contributed by atoms with Crippen molar-refractivity contribution in [1.29, 1.82) is 0 Å². The highest BCUT2D eigenvalue weighted by atomic mass is 19.3. The van der Waals surface area contributed by atoms with Gasteiger partial charge in [0.2, 0.25) is 0 Å². The fraction of sp³-hybridized carbons (Fsp3) is 1.00. The number of rotatable bonds is 4. The molecule has 0 aliphatic carbocycles. The van der Waals surface area contributed by atoms with Gasteiger partial charge in [-0.1, -0.05) is 6.92 Å². The molecule has 0 atom stereocenters. The Morgan fingerprint density at radius 2 is 1.90 bits per heavy atom. The number of hydrogen-bond donors (Lipinski definition) is 0. The fourth-order valence-electron chi connectivity index (χ4n) is 0.391. The van der Waals surface area contributed by atoms with E-state index in [1.54, 1.807) is 13.8 Å². The maximum absolute atomic E-state index is 11.6. The molecule has 62 valence electrons. The summed E-state index contributed by atoms with van der Waals surface area (Å²) in [7, 11) is 0. The fourth-order valence-corrected chi connectivity index (χ4v) is 0.391. The van der Waals surface area contributed by atoms with E-state index in [0.717, 1.165) is 6.42 Å². The highest BCUT2D eigenvalue weighted by molar-refractivity contribution is 4.64. The van der Waals surface area contributed by atoms with Gasteiger partial charge in [-0.3, -0.25) is 0 Å². The van der Waals surface area contributed by atoms with Crippen LogP contribution < -0.4 is 0 Å². The quantitative estimate of drug-likeness (QED) is 0.601. The maximum atomic E-state index is 11.6. The summed E-state index contributed by atoms with van der Waals surface area (Å²) in [5, 5.41) is 0. The Bertz CT molecular complexity index is 91.6. The van der Waals surface area contributed by atoms with Gasteiger partial charge in [0.1, 0.15) is 6.61 Å². The average Bonchev–Trinajstić information content (AvgIpc) is 1.85. The predicted octanol–water partition coefficient (Wildman–Crippen LogP) is 2.46. The first-order valence-electron chi connectivity index (χ1n) is 3.40. The van der Waals surface area contributed by atoms with Crippen LogP contribution >= 0.6 is 0 Å². The summed E-state index contributed by atoms with van der Waals surface area (Å²) in [6.45, 7) is 5.05. The van der Waals surface area contributed by atoms with Crippen LogP contribution in [0.2, 0.25) is 0 Å². The van der Waals surface area contributed by atoms with E-state index in [1.165, 1.54) is 0 Å². The molecular weight excluding hydrogens is 138 g/mol. The van der Waals surface area contributed by atoms with E-state index in [0.29, 0.717) is 0 Å². The van der Waals surface area contributed by atoms with Crippen molar-refractivity contribution in [3.8, 4) is 0 Å². The van der Waals surface area contributed by atoms with E-state index in [1.807, 2.05) is 6.92 Å². The molecular formula is C7H14F2O. The molecule has 0 radical (unpaired) electrons. The molecule has 0 N–H and O–H groups in total. The summed E-state index contributed by atoms with van der Waals surface area (Å²) in [4.78, 5) is 0. The highest BCUT2D eigenvalue weighted by Gasteiger charge is 2.17. The summed E-state index contributed by atoms with van der Waals surface area (Å²) >= 11 is 0. The topological polar surface area (TPSA) is 9.23 Å². The Balaban J connectivity index is 3.46. The Morgan fingerprint density at radius 3 is 2.20 bits per heavy atom. The zero-order chi connectivity index (χ0) is 8.20. The highest BCUT2D eigenvalue weighted by Crippen LogP contribution is 2.14. The standard InChI is InChI=1S/C7H14F2O/c1-4-7(2,3)10-5-6(8)9/h6H,4-5H2,1-3H3. The number of hydrogen-bond acceptors (Lipinski definition) is 1. The van der Waals surface area contributed by atoms with Gasteiger partial charge in [0.15, 0.2) is 0 Å². The summed E-state index contributed by atoms with van der Waals surface area (Å²) < 4.78 is 28.0. The summed E-state index contributed by atoms with van der Waals surface area (Å²) in [6.07, 6.45) is -1.61. The minimum atomic E-state index is -2.36. The van der Waals surface area contributed by atoms with E-state index in [4.69, 9.17) is 4.74 Å². The molecule has 0 aromatic rings. The van der Waals surface area contributed by atoms with Gasteiger partial charge < -0.3 is 4.74 Å². The smallest absolute Gasteiger partial charge is 0.261 e. The van der Waals surface area contributed by atoms with E-state index in [2.05, 4.69) is 0 Å². The van der Waals surface area contributed by atoms with Gasteiger partial charge in [-0.25, -0.2) is 8.78 Å². The Labute approximate surface area is 60.4 Å². The second kappa shape index (κ2) is 3.86. The molecule has 0 fully saturated rings. The lowest BCUT2D eigenvalue weighted by Gasteiger charge is -2.22. The molecule has 0 saturated carbocycles. The number of ether oxygens (including phenoxy) is 1. The maximum Gasteiger partial charge on any atom is 0.261 e. The summed E-state index contributed by atoms with van der Waals surface area (Å²) in [5.41, 5.74) is -0.406. The van der Waals surface area contributed by atoms with Crippen LogP contribution in [0.4, 0.5) is 8.78 Å². The third-order valence-corrected chi connectivity index (χ3v) is 1.45. The van der Waals surface area contributed by atoms with Crippen molar-refractivity contribution in [3.05, 3.63) is 0 Å². The van der Waals surface area contributed by atoms with Gasteiger partial charge in [-0.15, -0.1) is 0 Å². The second-order valence-corrected chi connectivity index (χ2v) is 2.82. The first kappa shape index (κ1) is 9.82. The van der Waals surface area contributed by atoms with Crippen LogP contribution in [0.5, 0.6) is 0 Å². The van der Waals surface area contributed by atoms with Gasteiger partial charge in [0.05, 0.1) is 5.60 Å². The molecule has 0 rings (SSSR count). The molecule has 10 heavy (non-hydrogen) atoms. The van der Waals surface area contributed by atoms with Crippen molar-refractivity contribution < 1.29 is 13.5 Å². The predicted molar refractivity (Wildman–Crippen MR) is 36.3 cm³/mol. The summed E-state index contributed by atoms with van der Waals surface area (Å²) in [5.74, 6) is 0.